The van der Waals surface area contributed by atoms with Crippen LogP contribution in [0.5, 0.6) is 5.75 Å². The van der Waals surface area contributed by atoms with E-state index in [9.17, 15) is 18.4 Å². The molecular weight excluding hydrogens is 386 g/mol. The van der Waals surface area contributed by atoms with Gasteiger partial charge in [-0.1, -0.05) is 6.92 Å². The van der Waals surface area contributed by atoms with Gasteiger partial charge in [0.05, 0.1) is 12.3 Å². The Hall–Kier alpha value is -2.30. The summed E-state index contributed by atoms with van der Waals surface area (Å²) in [6.07, 6.45) is 2.03. The number of hydrogen-bond acceptors (Lipinski definition) is 6. The molecule has 29 heavy (non-hydrogen) atoms. The third kappa shape index (κ3) is 5.20. The van der Waals surface area contributed by atoms with Gasteiger partial charge in [-0.15, -0.1) is 0 Å². The van der Waals surface area contributed by atoms with Crippen molar-refractivity contribution in [1.29, 1.82) is 0 Å². The molecule has 1 aliphatic carbocycles. The van der Waals surface area contributed by atoms with E-state index in [0.29, 0.717) is 31.4 Å². The highest BCUT2D eigenvalue weighted by Crippen LogP contribution is 2.33. The van der Waals surface area contributed by atoms with Gasteiger partial charge in [0.2, 0.25) is 5.91 Å². The van der Waals surface area contributed by atoms with Gasteiger partial charge in [-0.3, -0.25) is 14.5 Å². The summed E-state index contributed by atoms with van der Waals surface area (Å²) in [6, 6.07) is 4.11. The molecule has 2 aliphatic rings. The van der Waals surface area contributed by atoms with Crippen molar-refractivity contribution >= 4 is 23.2 Å². The first-order valence-corrected chi connectivity index (χ1v) is 9.68. The van der Waals surface area contributed by atoms with Crippen LogP contribution >= 0.6 is 0 Å². The van der Waals surface area contributed by atoms with Crippen molar-refractivity contribution in [3.63, 3.8) is 0 Å². The van der Waals surface area contributed by atoms with Gasteiger partial charge in [0.15, 0.2) is 5.75 Å². The third-order valence-electron chi connectivity index (χ3n) is 5.04. The Kier molecular flexibility index (Phi) is 6.99. The number of hydrogen-bond donors (Lipinski definition) is 2. The van der Waals surface area contributed by atoms with Crippen molar-refractivity contribution in [3.05, 3.63) is 18.2 Å². The van der Waals surface area contributed by atoms with Crippen molar-refractivity contribution in [2.24, 2.45) is 5.73 Å². The van der Waals surface area contributed by atoms with Gasteiger partial charge in [-0.2, -0.15) is 8.78 Å². The Balaban J connectivity index is 1.81. The molecule has 0 spiro atoms. The molecule has 0 radical (unpaired) electrons. The highest BCUT2D eigenvalue weighted by atomic mass is 19.3. The SMILES string of the molecule is CCN(C1CC1)[C@H](CN)C(=O)Nc1ccc(N2CCOCC2=O)cc1OC(F)F. The number of alkyl halides is 2. The van der Waals surface area contributed by atoms with Crippen LogP contribution in [-0.2, 0) is 14.3 Å². The van der Waals surface area contributed by atoms with Crippen LogP contribution in [0.2, 0.25) is 0 Å². The second kappa shape index (κ2) is 9.47. The average molecular weight is 412 g/mol. The van der Waals surface area contributed by atoms with Crippen molar-refractivity contribution in [2.45, 2.75) is 38.5 Å². The van der Waals surface area contributed by atoms with Crippen LogP contribution in [0.15, 0.2) is 18.2 Å². The van der Waals surface area contributed by atoms with Gasteiger partial charge >= 0.3 is 6.61 Å². The van der Waals surface area contributed by atoms with Crippen LogP contribution in [0.1, 0.15) is 19.8 Å². The summed E-state index contributed by atoms with van der Waals surface area (Å²) in [4.78, 5) is 28.3. The number of likely N-dealkylation sites (N-methyl/N-ethyl adjacent to an activating group) is 1. The fourth-order valence-electron chi connectivity index (χ4n) is 3.52. The molecule has 2 fully saturated rings. The van der Waals surface area contributed by atoms with Crippen molar-refractivity contribution in [2.75, 3.05) is 43.1 Å². The molecule has 1 aliphatic heterocycles. The zero-order valence-corrected chi connectivity index (χ0v) is 16.3. The smallest absolute Gasteiger partial charge is 0.387 e. The van der Waals surface area contributed by atoms with E-state index < -0.39 is 12.7 Å². The molecule has 8 nitrogen and oxygen atoms in total. The van der Waals surface area contributed by atoms with Gasteiger partial charge in [0, 0.05) is 30.9 Å². The number of ether oxygens (including phenoxy) is 2. The summed E-state index contributed by atoms with van der Waals surface area (Å²) in [5, 5.41) is 2.66. The number of carbonyl (C=O) groups is 2. The second-order valence-corrected chi connectivity index (χ2v) is 6.96. The van der Waals surface area contributed by atoms with Crippen molar-refractivity contribution in [1.82, 2.24) is 4.90 Å². The van der Waals surface area contributed by atoms with Gasteiger partial charge in [0.25, 0.3) is 5.91 Å². The minimum atomic E-state index is -3.08. The monoisotopic (exact) mass is 412 g/mol. The van der Waals surface area contributed by atoms with Crippen LogP contribution in [0, 0.1) is 0 Å². The summed E-state index contributed by atoms with van der Waals surface area (Å²) < 4.78 is 35.6. The fourth-order valence-corrected chi connectivity index (χ4v) is 3.52. The number of amides is 2. The van der Waals surface area contributed by atoms with E-state index in [1.54, 1.807) is 6.07 Å². The lowest BCUT2D eigenvalue weighted by Crippen LogP contribution is -2.49. The Labute approximate surface area is 167 Å². The van der Waals surface area contributed by atoms with Crippen LogP contribution in [0.4, 0.5) is 20.2 Å². The third-order valence-corrected chi connectivity index (χ3v) is 5.04. The lowest BCUT2D eigenvalue weighted by atomic mass is 10.2. The normalized spacial score (nSPS) is 18.3. The number of rotatable bonds is 9. The number of morpholine rings is 1. The molecule has 1 aromatic rings. The molecule has 1 saturated carbocycles. The minimum Gasteiger partial charge on any atom is -0.433 e. The Bertz CT molecular complexity index is 745. The van der Waals surface area contributed by atoms with Gasteiger partial charge in [-0.25, -0.2) is 0 Å². The topological polar surface area (TPSA) is 97.1 Å². The fraction of sp³-hybridized carbons (Fsp3) is 0.579. The van der Waals surface area contributed by atoms with E-state index in [0.717, 1.165) is 12.8 Å². The number of halogens is 2. The van der Waals surface area contributed by atoms with E-state index in [1.165, 1.54) is 17.0 Å². The molecule has 0 aromatic heterocycles. The maximum absolute atomic E-state index is 12.9. The molecular formula is C19H26F2N4O4. The van der Waals surface area contributed by atoms with Gasteiger partial charge < -0.3 is 25.4 Å². The molecule has 1 saturated heterocycles. The number of anilines is 2. The maximum Gasteiger partial charge on any atom is 0.387 e. The quantitative estimate of drug-likeness (QED) is 0.637. The van der Waals surface area contributed by atoms with Gasteiger partial charge in [0.1, 0.15) is 12.6 Å². The molecule has 1 heterocycles. The van der Waals surface area contributed by atoms with Crippen molar-refractivity contribution in [3.8, 4) is 5.75 Å². The van der Waals surface area contributed by atoms with Crippen LogP contribution in [0.3, 0.4) is 0 Å². The summed E-state index contributed by atoms with van der Waals surface area (Å²) in [7, 11) is 0. The highest BCUT2D eigenvalue weighted by molar-refractivity contribution is 5.98. The van der Waals surface area contributed by atoms with Crippen LogP contribution in [0.25, 0.3) is 0 Å². The first kappa shape index (κ1) is 21.4. The summed E-state index contributed by atoms with van der Waals surface area (Å²) in [5.74, 6) is -0.867. The van der Waals surface area contributed by atoms with Crippen molar-refractivity contribution < 1.29 is 27.8 Å². The lowest BCUT2D eigenvalue weighted by Gasteiger charge is -2.29. The number of nitrogens with zero attached hydrogens (tertiary/aromatic N) is 2. The number of nitrogens with one attached hydrogen (secondary N) is 1. The van der Waals surface area contributed by atoms with E-state index in [4.69, 9.17) is 10.5 Å². The Morgan fingerprint density at radius 1 is 1.45 bits per heavy atom. The molecule has 0 unspecified atom stereocenters. The van der Waals surface area contributed by atoms with Crippen LogP contribution in [-0.4, -0.2) is 68.3 Å². The molecule has 10 heteroatoms. The predicted molar refractivity (Wildman–Crippen MR) is 103 cm³/mol. The molecule has 3 rings (SSSR count). The predicted octanol–water partition coefficient (Wildman–Crippen LogP) is 1.40. The molecule has 1 aromatic carbocycles. The van der Waals surface area contributed by atoms with E-state index in [-0.39, 0.29) is 36.4 Å². The minimum absolute atomic E-state index is 0.0737. The first-order chi connectivity index (χ1) is 13.9. The van der Waals surface area contributed by atoms with E-state index in [1.807, 2.05) is 11.8 Å². The summed E-state index contributed by atoms with van der Waals surface area (Å²) >= 11 is 0. The zero-order valence-electron chi connectivity index (χ0n) is 16.3. The lowest BCUT2D eigenvalue weighted by molar-refractivity contribution is -0.125. The zero-order chi connectivity index (χ0) is 21.0. The number of carbonyl (C=O) groups excluding carboxylic acids is 2. The van der Waals surface area contributed by atoms with E-state index in [2.05, 4.69) is 10.1 Å². The Morgan fingerprint density at radius 2 is 2.21 bits per heavy atom. The molecule has 2 amide bonds. The summed E-state index contributed by atoms with van der Waals surface area (Å²) in [6.45, 7) is 0.233. The number of nitrogens with two attached hydrogens (primary N) is 1. The number of benzene rings is 1. The second-order valence-electron chi connectivity index (χ2n) is 6.96. The van der Waals surface area contributed by atoms with Crippen LogP contribution < -0.4 is 20.7 Å². The summed E-state index contributed by atoms with van der Waals surface area (Å²) in [5.41, 5.74) is 6.32. The van der Waals surface area contributed by atoms with E-state index >= 15 is 0 Å². The molecule has 0 bridgehead atoms. The van der Waals surface area contributed by atoms with Gasteiger partial charge in [-0.05, 0) is 31.5 Å². The highest BCUT2D eigenvalue weighted by Gasteiger charge is 2.36. The molecule has 3 N–H and O–H groups in total. The Morgan fingerprint density at radius 3 is 2.79 bits per heavy atom. The standard InChI is InChI=1S/C19H26F2N4O4/c1-2-24(12-3-4-12)15(10-22)18(27)23-14-6-5-13(9-16(14)29-19(20)21)25-7-8-28-11-17(25)26/h5-6,9,12,15,19H,2-4,7-8,10-11,22H2,1H3,(H,23,27)/t15-/m1/s1. The molecule has 160 valence electrons. The first-order valence-electron chi connectivity index (χ1n) is 9.68. The average Bonchev–Trinajstić information content (AvgIpc) is 3.52. The maximum atomic E-state index is 12.9. The largest absolute Gasteiger partial charge is 0.433 e. The molecule has 1 atom stereocenters.